The SMILES string of the molecule is Cc1cc(F)c(O)c(/C=N/N(C)C=O)c1. The van der Waals surface area contributed by atoms with Crippen LogP contribution in [0.2, 0.25) is 0 Å². The van der Waals surface area contributed by atoms with E-state index in [1.165, 1.54) is 19.3 Å². The van der Waals surface area contributed by atoms with Gasteiger partial charge in [-0.3, -0.25) is 4.79 Å². The Morgan fingerprint density at radius 2 is 2.20 bits per heavy atom. The van der Waals surface area contributed by atoms with Gasteiger partial charge in [-0.15, -0.1) is 0 Å². The molecule has 1 aromatic carbocycles. The van der Waals surface area contributed by atoms with Gasteiger partial charge in [-0.25, -0.2) is 9.40 Å². The molecular weight excluding hydrogens is 199 g/mol. The van der Waals surface area contributed by atoms with Gasteiger partial charge >= 0.3 is 0 Å². The van der Waals surface area contributed by atoms with Crippen LogP contribution < -0.4 is 0 Å². The number of aromatic hydroxyl groups is 1. The number of carbonyl (C=O) groups is 1. The van der Waals surface area contributed by atoms with Gasteiger partial charge in [0.2, 0.25) is 6.41 Å². The maximum absolute atomic E-state index is 13.1. The Hall–Kier alpha value is -1.91. The van der Waals surface area contributed by atoms with Crippen molar-refractivity contribution in [3.05, 3.63) is 29.1 Å². The fourth-order valence-electron chi connectivity index (χ4n) is 1.04. The number of phenolic OH excluding ortho intramolecular Hbond substituents is 1. The van der Waals surface area contributed by atoms with Crippen LogP contribution in [0.3, 0.4) is 0 Å². The predicted octanol–water partition coefficient (Wildman–Crippen LogP) is 1.26. The van der Waals surface area contributed by atoms with Crippen molar-refractivity contribution in [3.8, 4) is 5.75 Å². The number of hydrogen-bond donors (Lipinski definition) is 1. The van der Waals surface area contributed by atoms with Crippen LogP contribution in [0.15, 0.2) is 17.2 Å². The standard InChI is InChI=1S/C10H11FN2O2/c1-7-3-8(5-12-13(2)6-14)10(15)9(11)4-7/h3-6,15H,1-2H3/b12-5+. The van der Waals surface area contributed by atoms with Crippen LogP contribution in [0.4, 0.5) is 4.39 Å². The first-order valence-corrected chi connectivity index (χ1v) is 4.26. The van der Waals surface area contributed by atoms with Crippen LogP contribution >= 0.6 is 0 Å². The van der Waals surface area contributed by atoms with Gasteiger partial charge in [0.1, 0.15) is 0 Å². The lowest BCUT2D eigenvalue weighted by atomic mass is 10.1. The zero-order chi connectivity index (χ0) is 11.4. The summed E-state index contributed by atoms with van der Waals surface area (Å²) in [5.41, 5.74) is 0.904. The molecule has 0 atom stereocenters. The van der Waals surface area contributed by atoms with Crippen LogP contribution in [0, 0.1) is 12.7 Å². The molecule has 0 spiro atoms. The first-order chi connectivity index (χ1) is 7.04. The molecule has 15 heavy (non-hydrogen) atoms. The largest absolute Gasteiger partial charge is 0.504 e. The van der Waals surface area contributed by atoms with Crippen molar-refractivity contribution < 1.29 is 14.3 Å². The Labute approximate surface area is 86.6 Å². The zero-order valence-electron chi connectivity index (χ0n) is 8.44. The van der Waals surface area contributed by atoms with E-state index in [1.807, 2.05) is 0 Å². The molecule has 0 bridgehead atoms. The van der Waals surface area contributed by atoms with Gasteiger partial charge in [0.25, 0.3) is 0 Å². The van der Waals surface area contributed by atoms with Gasteiger partial charge < -0.3 is 5.11 Å². The highest BCUT2D eigenvalue weighted by Gasteiger charge is 2.06. The minimum absolute atomic E-state index is 0.237. The van der Waals surface area contributed by atoms with E-state index >= 15 is 0 Å². The monoisotopic (exact) mass is 210 g/mol. The van der Waals surface area contributed by atoms with Crippen LogP contribution in [-0.2, 0) is 4.79 Å². The molecule has 80 valence electrons. The lowest BCUT2D eigenvalue weighted by Crippen LogP contribution is -2.07. The first-order valence-electron chi connectivity index (χ1n) is 4.26. The number of hydrazone groups is 1. The van der Waals surface area contributed by atoms with E-state index in [9.17, 15) is 14.3 Å². The Bertz CT molecular complexity index is 405. The Balaban J connectivity index is 3.04. The Morgan fingerprint density at radius 3 is 2.80 bits per heavy atom. The molecule has 1 amide bonds. The maximum atomic E-state index is 13.1. The number of benzene rings is 1. The highest BCUT2D eigenvalue weighted by Crippen LogP contribution is 2.21. The van der Waals surface area contributed by atoms with E-state index in [0.29, 0.717) is 12.0 Å². The summed E-state index contributed by atoms with van der Waals surface area (Å²) in [6, 6.07) is 2.79. The molecule has 0 aliphatic rings. The average Bonchev–Trinajstić information content (AvgIpc) is 2.20. The number of phenols is 1. The average molecular weight is 210 g/mol. The first kappa shape index (κ1) is 11.2. The number of halogens is 1. The third-order valence-electron chi connectivity index (χ3n) is 1.77. The molecule has 0 heterocycles. The van der Waals surface area contributed by atoms with Crippen LogP contribution in [0.5, 0.6) is 5.75 Å². The molecule has 5 heteroatoms. The quantitative estimate of drug-likeness (QED) is 0.464. The number of amides is 1. The highest BCUT2D eigenvalue weighted by molar-refractivity contribution is 5.84. The number of aryl methyl sites for hydroxylation is 1. The normalized spacial score (nSPS) is 10.6. The summed E-state index contributed by atoms with van der Waals surface area (Å²) in [5, 5.41) is 14.0. The van der Waals surface area contributed by atoms with Gasteiger partial charge in [-0.1, -0.05) is 0 Å². The third kappa shape index (κ3) is 2.77. The summed E-state index contributed by atoms with van der Waals surface area (Å²) in [5.74, 6) is -1.17. The van der Waals surface area contributed by atoms with E-state index < -0.39 is 11.6 Å². The van der Waals surface area contributed by atoms with Crippen molar-refractivity contribution in [2.24, 2.45) is 5.10 Å². The van der Waals surface area contributed by atoms with Crippen molar-refractivity contribution in [3.63, 3.8) is 0 Å². The molecule has 0 radical (unpaired) electrons. The topological polar surface area (TPSA) is 52.9 Å². The highest BCUT2D eigenvalue weighted by atomic mass is 19.1. The molecule has 4 nitrogen and oxygen atoms in total. The van der Waals surface area contributed by atoms with Gasteiger partial charge in [0, 0.05) is 12.6 Å². The molecule has 1 N–H and O–H groups in total. The minimum atomic E-state index is -0.704. The van der Waals surface area contributed by atoms with E-state index in [1.54, 1.807) is 13.0 Å². The fourth-order valence-corrected chi connectivity index (χ4v) is 1.04. The second kappa shape index (κ2) is 4.54. The Morgan fingerprint density at radius 1 is 1.53 bits per heavy atom. The fraction of sp³-hybridized carbons (Fsp3) is 0.200. The number of hydrogen-bond acceptors (Lipinski definition) is 3. The van der Waals surface area contributed by atoms with Gasteiger partial charge in [0.15, 0.2) is 11.6 Å². The molecule has 0 fully saturated rings. The number of carbonyl (C=O) groups excluding carboxylic acids is 1. The molecular formula is C10H11FN2O2. The van der Waals surface area contributed by atoms with Crippen molar-refractivity contribution in [1.82, 2.24) is 5.01 Å². The molecule has 1 aromatic rings. The van der Waals surface area contributed by atoms with Crippen LogP contribution in [-0.4, -0.2) is 29.8 Å². The van der Waals surface area contributed by atoms with Crippen molar-refractivity contribution in [2.45, 2.75) is 6.92 Å². The van der Waals surface area contributed by atoms with E-state index in [-0.39, 0.29) is 5.56 Å². The second-order valence-corrected chi connectivity index (χ2v) is 3.11. The summed E-state index contributed by atoms with van der Waals surface area (Å²) in [6.07, 6.45) is 1.72. The summed E-state index contributed by atoms with van der Waals surface area (Å²) in [4.78, 5) is 10.2. The van der Waals surface area contributed by atoms with E-state index in [4.69, 9.17) is 0 Å². The molecule has 0 saturated heterocycles. The summed E-state index contributed by atoms with van der Waals surface area (Å²) in [7, 11) is 1.44. The van der Waals surface area contributed by atoms with Crippen molar-refractivity contribution >= 4 is 12.6 Å². The summed E-state index contributed by atoms with van der Waals surface area (Å²) < 4.78 is 13.1. The number of rotatable bonds is 3. The molecule has 0 aliphatic carbocycles. The smallest absolute Gasteiger partial charge is 0.229 e. The molecule has 0 saturated carbocycles. The zero-order valence-corrected chi connectivity index (χ0v) is 8.44. The van der Waals surface area contributed by atoms with Crippen LogP contribution in [0.25, 0.3) is 0 Å². The minimum Gasteiger partial charge on any atom is -0.504 e. The third-order valence-corrected chi connectivity index (χ3v) is 1.77. The van der Waals surface area contributed by atoms with Crippen LogP contribution in [0.1, 0.15) is 11.1 Å². The maximum Gasteiger partial charge on any atom is 0.229 e. The molecule has 1 rings (SSSR count). The molecule has 0 aliphatic heterocycles. The summed E-state index contributed by atoms with van der Waals surface area (Å²) >= 11 is 0. The lowest BCUT2D eigenvalue weighted by molar-refractivity contribution is -0.116. The summed E-state index contributed by atoms with van der Waals surface area (Å²) in [6.45, 7) is 1.70. The lowest BCUT2D eigenvalue weighted by Gasteiger charge is -2.04. The second-order valence-electron chi connectivity index (χ2n) is 3.11. The van der Waals surface area contributed by atoms with Crippen molar-refractivity contribution in [2.75, 3.05) is 7.05 Å². The molecule has 0 unspecified atom stereocenters. The predicted molar refractivity (Wildman–Crippen MR) is 54.2 cm³/mol. The van der Waals surface area contributed by atoms with Gasteiger partial charge in [0.05, 0.1) is 6.21 Å². The van der Waals surface area contributed by atoms with E-state index in [0.717, 1.165) is 5.01 Å². The Kier molecular flexibility index (Phi) is 3.38. The van der Waals surface area contributed by atoms with Gasteiger partial charge in [-0.2, -0.15) is 5.10 Å². The number of nitrogens with zero attached hydrogens (tertiary/aromatic N) is 2. The van der Waals surface area contributed by atoms with Gasteiger partial charge in [-0.05, 0) is 24.6 Å². The molecule has 0 aromatic heterocycles. The van der Waals surface area contributed by atoms with Crippen molar-refractivity contribution in [1.29, 1.82) is 0 Å². The van der Waals surface area contributed by atoms with E-state index in [2.05, 4.69) is 5.10 Å².